The SMILES string of the molecule is O=S1(=O)CC(NNc2ccccc2)=C2[C@@H]3C=C[C@@H](C3)[C@H]21. The second-order valence-corrected chi connectivity index (χ2v) is 7.79. The molecule has 1 aromatic carbocycles. The Hall–Kier alpha value is -1.75. The average molecular weight is 288 g/mol. The van der Waals surface area contributed by atoms with Crippen molar-refractivity contribution in [3.05, 3.63) is 53.8 Å². The highest BCUT2D eigenvalue weighted by atomic mass is 32.2. The zero-order chi connectivity index (χ0) is 13.7. The van der Waals surface area contributed by atoms with E-state index in [9.17, 15) is 8.42 Å². The molecule has 0 saturated heterocycles. The van der Waals surface area contributed by atoms with Gasteiger partial charge in [-0.25, -0.2) is 8.42 Å². The molecule has 1 saturated carbocycles. The summed E-state index contributed by atoms with van der Waals surface area (Å²) in [6.45, 7) is 0. The molecule has 1 heterocycles. The third-order valence-electron chi connectivity index (χ3n) is 4.42. The maximum Gasteiger partial charge on any atom is 0.163 e. The van der Waals surface area contributed by atoms with E-state index in [2.05, 4.69) is 23.0 Å². The molecular weight excluding hydrogens is 272 g/mol. The first kappa shape index (κ1) is 12.0. The van der Waals surface area contributed by atoms with Crippen molar-refractivity contribution in [3.63, 3.8) is 0 Å². The minimum Gasteiger partial charge on any atom is -0.304 e. The van der Waals surface area contributed by atoms with Crippen molar-refractivity contribution in [1.82, 2.24) is 5.43 Å². The molecule has 4 rings (SSSR count). The summed E-state index contributed by atoms with van der Waals surface area (Å²) in [6, 6.07) is 9.72. The third kappa shape index (κ3) is 1.69. The summed E-state index contributed by atoms with van der Waals surface area (Å²) < 4.78 is 24.6. The van der Waals surface area contributed by atoms with Gasteiger partial charge in [-0.2, -0.15) is 0 Å². The van der Waals surface area contributed by atoms with E-state index in [1.165, 1.54) is 0 Å². The second kappa shape index (κ2) is 4.12. The fourth-order valence-electron chi connectivity index (χ4n) is 3.63. The highest BCUT2D eigenvalue weighted by molar-refractivity contribution is 7.92. The van der Waals surface area contributed by atoms with Gasteiger partial charge < -0.3 is 10.9 Å². The minimum absolute atomic E-state index is 0.127. The predicted molar refractivity (Wildman–Crippen MR) is 78.5 cm³/mol. The number of fused-ring (bicyclic) bond motifs is 5. The van der Waals surface area contributed by atoms with Crippen LogP contribution in [-0.4, -0.2) is 19.4 Å². The first-order valence-electron chi connectivity index (χ1n) is 6.85. The van der Waals surface area contributed by atoms with E-state index in [1.54, 1.807) is 0 Å². The molecule has 0 aromatic heterocycles. The first-order valence-corrected chi connectivity index (χ1v) is 8.56. The summed E-state index contributed by atoms with van der Waals surface area (Å²) in [5, 5.41) is -0.280. The number of rotatable bonds is 3. The first-order chi connectivity index (χ1) is 9.65. The van der Waals surface area contributed by atoms with E-state index in [0.717, 1.165) is 23.4 Å². The molecule has 20 heavy (non-hydrogen) atoms. The monoisotopic (exact) mass is 288 g/mol. The van der Waals surface area contributed by atoms with Crippen LogP contribution in [0.3, 0.4) is 0 Å². The smallest absolute Gasteiger partial charge is 0.163 e. The van der Waals surface area contributed by atoms with Gasteiger partial charge >= 0.3 is 0 Å². The van der Waals surface area contributed by atoms with Gasteiger partial charge in [0.05, 0.1) is 16.7 Å². The van der Waals surface area contributed by atoms with E-state index in [1.807, 2.05) is 30.3 Å². The summed E-state index contributed by atoms with van der Waals surface area (Å²) in [5.41, 5.74) is 9.08. The highest BCUT2D eigenvalue weighted by Gasteiger charge is 2.52. The van der Waals surface area contributed by atoms with Gasteiger partial charge in [0.2, 0.25) is 0 Å². The largest absolute Gasteiger partial charge is 0.304 e. The molecule has 1 fully saturated rings. The molecule has 104 valence electrons. The van der Waals surface area contributed by atoms with E-state index < -0.39 is 9.84 Å². The molecule has 1 aromatic rings. The fraction of sp³-hybridized carbons (Fsp3) is 0.333. The van der Waals surface area contributed by atoms with Crippen LogP contribution >= 0.6 is 0 Å². The number of sulfone groups is 1. The summed E-state index contributed by atoms with van der Waals surface area (Å²) in [4.78, 5) is 0. The highest BCUT2D eigenvalue weighted by Crippen LogP contribution is 2.50. The number of hydrogen-bond acceptors (Lipinski definition) is 4. The van der Waals surface area contributed by atoms with E-state index in [-0.39, 0.29) is 16.9 Å². The van der Waals surface area contributed by atoms with Crippen molar-refractivity contribution in [2.45, 2.75) is 11.7 Å². The van der Waals surface area contributed by atoms with Gasteiger partial charge in [0.25, 0.3) is 0 Å². The predicted octanol–water partition coefficient (Wildman–Crippen LogP) is 1.86. The van der Waals surface area contributed by atoms with Crippen LogP contribution in [0.2, 0.25) is 0 Å². The second-order valence-electron chi connectivity index (χ2n) is 5.67. The number of para-hydroxylation sites is 1. The van der Waals surface area contributed by atoms with E-state index in [0.29, 0.717) is 5.92 Å². The molecular formula is C15H16N2O2S. The van der Waals surface area contributed by atoms with Crippen LogP contribution in [0.1, 0.15) is 6.42 Å². The average Bonchev–Trinajstić information content (AvgIpc) is 3.10. The van der Waals surface area contributed by atoms with Gasteiger partial charge in [0.15, 0.2) is 9.84 Å². The Morgan fingerprint density at radius 2 is 1.85 bits per heavy atom. The van der Waals surface area contributed by atoms with Crippen molar-refractivity contribution >= 4 is 15.5 Å². The van der Waals surface area contributed by atoms with Gasteiger partial charge in [-0.3, -0.25) is 0 Å². The van der Waals surface area contributed by atoms with Crippen LogP contribution < -0.4 is 10.9 Å². The minimum atomic E-state index is -3.04. The van der Waals surface area contributed by atoms with Crippen molar-refractivity contribution in [1.29, 1.82) is 0 Å². The number of hydrogen-bond donors (Lipinski definition) is 2. The van der Waals surface area contributed by atoms with Crippen LogP contribution in [0.5, 0.6) is 0 Å². The number of anilines is 1. The Labute approximate surface area is 118 Å². The molecule has 3 aliphatic rings. The summed E-state index contributed by atoms with van der Waals surface area (Å²) in [6.07, 6.45) is 5.18. The van der Waals surface area contributed by atoms with Crippen molar-refractivity contribution < 1.29 is 8.42 Å². The van der Waals surface area contributed by atoms with Gasteiger partial charge in [-0.05, 0) is 30.0 Å². The third-order valence-corrected chi connectivity index (χ3v) is 6.49. The molecule has 5 heteroatoms. The Balaban J connectivity index is 1.62. The molecule has 2 bridgehead atoms. The zero-order valence-corrected chi connectivity index (χ0v) is 11.7. The quantitative estimate of drug-likeness (QED) is 0.658. The van der Waals surface area contributed by atoms with Crippen LogP contribution in [0.4, 0.5) is 5.69 Å². The van der Waals surface area contributed by atoms with E-state index >= 15 is 0 Å². The Morgan fingerprint density at radius 3 is 2.65 bits per heavy atom. The Bertz CT molecular complexity index is 707. The van der Waals surface area contributed by atoms with Gasteiger partial charge in [0, 0.05) is 11.6 Å². The van der Waals surface area contributed by atoms with Crippen molar-refractivity contribution in [3.8, 4) is 0 Å². The van der Waals surface area contributed by atoms with Gasteiger partial charge in [-0.1, -0.05) is 30.4 Å². The molecule has 0 radical (unpaired) electrons. The zero-order valence-electron chi connectivity index (χ0n) is 10.9. The molecule has 0 amide bonds. The summed E-state index contributed by atoms with van der Waals surface area (Å²) >= 11 is 0. The number of allylic oxidation sites excluding steroid dienone is 2. The topological polar surface area (TPSA) is 58.2 Å². The summed E-state index contributed by atoms with van der Waals surface area (Å²) in [7, 11) is -3.04. The van der Waals surface area contributed by atoms with Crippen LogP contribution in [0.25, 0.3) is 0 Å². The number of nitrogens with one attached hydrogen (secondary N) is 2. The maximum absolute atomic E-state index is 12.3. The standard InChI is InChI=1S/C15H16N2O2S/c18-20(19)9-13(17-16-12-4-2-1-3-5-12)14-10-6-7-11(8-10)15(14)20/h1-7,10-11,15-17H,8-9H2/t10-,11+,15-/m1/s1. The Kier molecular flexibility index (Phi) is 2.48. The number of benzene rings is 1. The lowest BCUT2D eigenvalue weighted by Gasteiger charge is -2.16. The lowest BCUT2D eigenvalue weighted by Crippen LogP contribution is -2.24. The van der Waals surface area contributed by atoms with Crippen LogP contribution in [0.15, 0.2) is 53.8 Å². The lowest BCUT2D eigenvalue weighted by molar-refractivity contribution is 0.578. The lowest BCUT2D eigenvalue weighted by atomic mass is 9.99. The van der Waals surface area contributed by atoms with Gasteiger partial charge in [0.1, 0.15) is 0 Å². The van der Waals surface area contributed by atoms with E-state index in [4.69, 9.17) is 0 Å². The maximum atomic E-state index is 12.3. The molecule has 0 spiro atoms. The van der Waals surface area contributed by atoms with Crippen LogP contribution in [0, 0.1) is 11.8 Å². The fourth-order valence-corrected chi connectivity index (χ4v) is 5.89. The molecule has 2 aliphatic carbocycles. The van der Waals surface area contributed by atoms with Crippen LogP contribution in [-0.2, 0) is 9.84 Å². The molecule has 1 aliphatic heterocycles. The summed E-state index contributed by atoms with van der Waals surface area (Å²) in [5.74, 6) is 0.625. The normalized spacial score (nSPS) is 32.5. The van der Waals surface area contributed by atoms with Crippen molar-refractivity contribution in [2.24, 2.45) is 11.8 Å². The molecule has 3 atom stereocenters. The van der Waals surface area contributed by atoms with Gasteiger partial charge in [-0.15, -0.1) is 0 Å². The Morgan fingerprint density at radius 1 is 1.05 bits per heavy atom. The molecule has 2 N–H and O–H groups in total. The number of hydrazine groups is 1. The molecule has 4 nitrogen and oxygen atoms in total. The molecule has 0 unspecified atom stereocenters. The van der Waals surface area contributed by atoms with Crippen molar-refractivity contribution in [2.75, 3.05) is 11.2 Å².